The monoisotopic (exact) mass is 231 g/mol. The van der Waals surface area contributed by atoms with Gasteiger partial charge < -0.3 is 5.32 Å². The van der Waals surface area contributed by atoms with Gasteiger partial charge in [0.25, 0.3) is 0 Å². The lowest BCUT2D eigenvalue weighted by atomic mass is 9.81. The van der Waals surface area contributed by atoms with Gasteiger partial charge in [-0.2, -0.15) is 0 Å². The van der Waals surface area contributed by atoms with Gasteiger partial charge in [0, 0.05) is 17.5 Å². The molecule has 0 radical (unpaired) electrons. The second-order valence-corrected chi connectivity index (χ2v) is 5.59. The van der Waals surface area contributed by atoms with Gasteiger partial charge in [0.1, 0.15) is 0 Å². The number of Topliss-reactive ketones (excluding diaryl/α,β-unsaturated/α-hetero) is 1. The van der Waals surface area contributed by atoms with E-state index in [1.807, 2.05) is 12.1 Å². The van der Waals surface area contributed by atoms with Crippen molar-refractivity contribution < 1.29 is 4.79 Å². The fourth-order valence-corrected chi connectivity index (χ4v) is 2.38. The normalized spacial score (nSPS) is 24.2. The van der Waals surface area contributed by atoms with E-state index in [9.17, 15) is 4.79 Å². The van der Waals surface area contributed by atoms with E-state index in [1.165, 1.54) is 5.56 Å². The average Bonchev–Trinajstić information content (AvgIpc) is 2.76. The number of nitrogens with one attached hydrogen (secondary N) is 1. The molecule has 1 aliphatic rings. The van der Waals surface area contributed by atoms with Crippen LogP contribution in [-0.4, -0.2) is 18.9 Å². The maximum atomic E-state index is 12.4. The minimum absolute atomic E-state index is 0.209. The van der Waals surface area contributed by atoms with Crippen molar-refractivity contribution in [1.82, 2.24) is 5.32 Å². The zero-order valence-corrected chi connectivity index (χ0v) is 10.9. The number of carbonyl (C=O) groups is 1. The number of carbonyl (C=O) groups excluding carboxylic acids is 1. The summed E-state index contributed by atoms with van der Waals surface area (Å²) < 4.78 is 0. The van der Waals surface area contributed by atoms with Crippen molar-refractivity contribution in [2.24, 2.45) is 5.41 Å². The van der Waals surface area contributed by atoms with E-state index >= 15 is 0 Å². The van der Waals surface area contributed by atoms with Crippen molar-refractivity contribution in [1.29, 1.82) is 0 Å². The number of hydrogen-bond donors (Lipinski definition) is 1. The lowest BCUT2D eigenvalue weighted by molar-refractivity contribution is 0.0839. The molecular weight excluding hydrogens is 210 g/mol. The summed E-state index contributed by atoms with van der Waals surface area (Å²) in [4.78, 5) is 12.4. The van der Waals surface area contributed by atoms with Crippen LogP contribution in [0.15, 0.2) is 24.3 Å². The molecule has 92 valence electrons. The highest BCUT2D eigenvalue weighted by Crippen LogP contribution is 2.29. The third-order valence-corrected chi connectivity index (χ3v) is 3.76. The predicted molar refractivity (Wildman–Crippen MR) is 70.5 cm³/mol. The molecule has 0 amide bonds. The summed E-state index contributed by atoms with van der Waals surface area (Å²) in [5.41, 5.74) is 1.93. The van der Waals surface area contributed by atoms with Crippen LogP contribution < -0.4 is 5.32 Å². The summed E-state index contributed by atoms with van der Waals surface area (Å²) in [6.07, 6.45) is 0.942. The maximum absolute atomic E-state index is 12.4. The van der Waals surface area contributed by atoms with Crippen molar-refractivity contribution in [3.05, 3.63) is 35.4 Å². The number of benzene rings is 1. The third-order valence-electron chi connectivity index (χ3n) is 3.76. The van der Waals surface area contributed by atoms with Crippen molar-refractivity contribution in [2.75, 3.05) is 13.1 Å². The summed E-state index contributed by atoms with van der Waals surface area (Å²) in [5, 5.41) is 3.27. The molecule has 2 heteroatoms. The molecule has 1 aromatic carbocycles. The molecule has 1 unspecified atom stereocenters. The van der Waals surface area contributed by atoms with E-state index in [1.54, 1.807) is 0 Å². The first-order valence-electron chi connectivity index (χ1n) is 6.38. The topological polar surface area (TPSA) is 29.1 Å². The molecule has 0 saturated carbocycles. The van der Waals surface area contributed by atoms with E-state index in [4.69, 9.17) is 0 Å². The number of hydrogen-bond acceptors (Lipinski definition) is 2. The highest BCUT2D eigenvalue weighted by Gasteiger charge is 2.36. The number of ketones is 1. The van der Waals surface area contributed by atoms with Crippen molar-refractivity contribution in [3.63, 3.8) is 0 Å². The molecule has 0 bridgehead atoms. The second-order valence-electron chi connectivity index (χ2n) is 5.59. The largest absolute Gasteiger partial charge is 0.316 e. The van der Waals surface area contributed by atoms with E-state index in [0.717, 1.165) is 25.1 Å². The Kier molecular flexibility index (Phi) is 3.34. The molecular formula is C15H21NO. The molecule has 0 aromatic heterocycles. The van der Waals surface area contributed by atoms with Gasteiger partial charge in [0.2, 0.25) is 0 Å². The summed E-state index contributed by atoms with van der Waals surface area (Å²) in [5.74, 6) is 0.792. The zero-order chi connectivity index (χ0) is 12.5. The van der Waals surface area contributed by atoms with Crippen LogP contribution in [0.25, 0.3) is 0 Å². The summed E-state index contributed by atoms with van der Waals surface area (Å²) >= 11 is 0. The molecule has 1 saturated heterocycles. The Bertz CT molecular complexity index is 399. The minimum atomic E-state index is -0.209. The zero-order valence-electron chi connectivity index (χ0n) is 10.9. The lowest BCUT2D eigenvalue weighted by Crippen LogP contribution is -2.30. The molecule has 1 heterocycles. The lowest BCUT2D eigenvalue weighted by Gasteiger charge is -2.21. The van der Waals surface area contributed by atoms with E-state index in [-0.39, 0.29) is 11.2 Å². The van der Waals surface area contributed by atoms with Crippen LogP contribution >= 0.6 is 0 Å². The molecule has 1 fully saturated rings. The van der Waals surface area contributed by atoms with Gasteiger partial charge in [-0.05, 0) is 24.4 Å². The molecule has 0 aliphatic carbocycles. The average molecular weight is 231 g/mol. The van der Waals surface area contributed by atoms with Crippen LogP contribution in [0.3, 0.4) is 0 Å². The first-order chi connectivity index (χ1) is 8.03. The molecule has 1 aromatic rings. The predicted octanol–water partition coefficient (Wildman–Crippen LogP) is 2.99. The Labute approximate surface area is 103 Å². The van der Waals surface area contributed by atoms with Crippen LogP contribution in [0.4, 0.5) is 0 Å². The van der Waals surface area contributed by atoms with Gasteiger partial charge in [0.05, 0.1) is 0 Å². The first-order valence-corrected chi connectivity index (χ1v) is 6.38. The fraction of sp³-hybridized carbons (Fsp3) is 0.533. The fourth-order valence-electron chi connectivity index (χ4n) is 2.38. The van der Waals surface area contributed by atoms with Crippen LogP contribution in [0.1, 0.15) is 49.0 Å². The molecule has 0 spiro atoms. The van der Waals surface area contributed by atoms with Crippen LogP contribution in [0.2, 0.25) is 0 Å². The highest BCUT2D eigenvalue weighted by molar-refractivity contribution is 6.00. The molecule has 17 heavy (non-hydrogen) atoms. The van der Waals surface area contributed by atoms with Crippen molar-refractivity contribution in [3.8, 4) is 0 Å². The Morgan fingerprint density at radius 1 is 1.29 bits per heavy atom. The van der Waals surface area contributed by atoms with Gasteiger partial charge in [-0.15, -0.1) is 0 Å². The first kappa shape index (κ1) is 12.3. The van der Waals surface area contributed by atoms with Gasteiger partial charge in [-0.1, -0.05) is 45.0 Å². The Hall–Kier alpha value is -1.15. The van der Waals surface area contributed by atoms with Crippen molar-refractivity contribution >= 4 is 5.78 Å². The van der Waals surface area contributed by atoms with Gasteiger partial charge >= 0.3 is 0 Å². The molecule has 2 nitrogen and oxygen atoms in total. The quantitative estimate of drug-likeness (QED) is 0.810. The van der Waals surface area contributed by atoms with Crippen molar-refractivity contribution in [2.45, 2.75) is 33.1 Å². The molecule has 2 rings (SSSR count). The molecule has 1 aliphatic heterocycles. The van der Waals surface area contributed by atoms with E-state index < -0.39 is 0 Å². The second kappa shape index (κ2) is 4.61. The third kappa shape index (κ3) is 2.42. The van der Waals surface area contributed by atoms with Gasteiger partial charge in [-0.25, -0.2) is 0 Å². The van der Waals surface area contributed by atoms with Gasteiger partial charge in [0.15, 0.2) is 5.78 Å². The summed E-state index contributed by atoms with van der Waals surface area (Å²) in [6.45, 7) is 8.15. The molecule has 1 atom stereocenters. The standard InChI is InChI=1S/C15H21NO/c1-11(2)12-4-6-13(7-5-12)14(17)15(3)8-9-16-10-15/h4-7,11,16H,8-10H2,1-3H3. The Morgan fingerprint density at radius 2 is 1.94 bits per heavy atom. The van der Waals surface area contributed by atoms with Crippen LogP contribution in [0, 0.1) is 5.41 Å². The van der Waals surface area contributed by atoms with Crippen LogP contribution in [-0.2, 0) is 0 Å². The minimum Gasteiger partial charge on any atom is -0.316 e. The smallest absolute Gasteiger partial charge is 0.170 e. The Morgan fingerprint density at radius 3 is 2.41 bits per heavy atom. The van der Waals surface area contributed by atoms with Gasteiger partial charge in [-0.3, -0.25) is 4.79 Å². The van der Waals surface area contributed by atoms with E-state index in [2.05, 4.69) is 38.2 Å². The Balaban J connectivity index is 2.20. The highest BCUT2D eigenvalue weighted by atomic mass is 16.1. The molecule has 1 N–H and O–H groups in total. The summed E-state index contributed by atoms with van der Waals surface area (Å²) in [7, 11) is 0. The number of rotatable bonds is 3. The van der Waals surface area contributed by atoms with Crippen LogP contribution in [0.5, 0.6) is 0 Å². The summed E-state index contributed by atoms with van der Waals surface area (Å²) in [6, 6.07) is 8.09. The maximum Gasteiger partial charge on any atom is 0.170 e. The van der Waals surface area contributed by atoms with E-state index in [0.29, 0.717) is 5.92 Å². The SMILES string of the molecule is CC(C)c1ccc(C(=O)C2(C)CCNC2)cc1.